The van der Waals surface area contributed by atoms with E-state index in [1.165, 1.54) is 31.5 Å². The zero-order chi connectivity index (χ0) is 15.1. The van der Waals surface area contributed by atoms with Crippen molar-refractivity contribution < 1.29 is 0 Å². The maximum absolute atomic E-state index is 4.71. The quantitative estimate of drug-likeness (QED) is 0.679. The first-order valence-electron chi connectivity index (χ1n) is 7.83. The number of hydrogen-bond acceptors (Lipinski definition) is 2. The summed E-state index contributed by atoms with van der Waals surface area (Å²) in [6, 6.07) is 10.4. The smallest absolute Gasteiger partial charge is 0.193 e. The third kappa shape index (κ3) is 5.38. The lowest BCUT2D eigenvalue weighted by atomic mass is 9.97. The van der Waals surface area contributed by atoms with E-state index in [1.807, 2.05) is 20.2 Å². The van der Waals surface area contributed by atoms with Gasteiger partial charge in [-0.3, -0.25) is 0 Å². The summed E-state index contributed by atoms with van der Waals surface area (Å²) >= 11 is 0. The number of nitrogens with one attached hydrogen (secondary N) is 1. The normalized spacial score (nSPS) is 17.8. The van der Waals surface area contributed by atoms with Gasteiger partial charge in [0.2, 0.25) is 0 Å². The molecule has 0 amide bonds. The Bertz CT molecular complexity index is 433. The molecule has 1 heterocycles. The number of likely N-dealkylation sites (tertiary alicyclic amines) is 1. The van der Waals surface area contributed by atoms with Crippen LogP contribution in [0, 0.1) is 5.92 Å². The predicted octanol–water partition coefficient (Wildman–Crippen LogP) is 2.04. The Labute approximate surface area is 128 Å². The molecule has 0 spiro atoms. The molecule has 1 aliphatic rings. The van der Waals surface area contributed by atoms with Gasteiger partial charge in [-0.15, -0.1) is 0 Å². The van der Waals surface area contributed by atoms with Crippen LogP contribution in [0.3, 0.4) is 0 Å². The molecule has 2 rings (SSSR count). The molecule has 1 aliphatic heterocycles. The van der Waals surface area contributed by atoms with Gasteiger partial charge in [-0.05, 0) is 44.5 Å². The summed E-state index contributed by atoms with van der Waals surface area (Å²) in [4.78, 5) is 9.19. The Kier molecular flexibility index (Phi) is 6.05. The summed E-state index contributed by atoms with van der Waals surface area (Å²) < 4.78 is 0. The molecule has 4 heteroatoms. The molecule has 0 bridgehead atoms. The molecule has 1 aromatic carbocycles. The summed E-state index contributed by atoms with van der Waals surface area (Å²) in [6.07, 6.45) is 2.56. The van der Waals surface area contributed by atoms with Crippen LogP contribution in [0.25, 0.3) is 0 Å². The second kappa shape index (κ2) is 8.03. The summed E-state index contributed by atoms with van der Waals surface area (Å²) in [5, 5.41) is 3.53. The van der Waals surface area contributed by atoms with Gasteiger partial charge in [0.15, 0.2) is 5.96 Å². The highest BCUT2D eigenvalue weighted by atomic mass is 15.3. The molecule has 21 heavy (non-hydrogen) atoms. The van der Waals surface area contributed by atoms with Crippen LogP contribution in [0.2, 0.25) is 0 Å². The van der Waals surface area contributed by atoms with E-state index < -0.39 is 0 Å². The van der Waals surface area contributed by atoms with E-state index in [9.17, 15) is 0 Å². The first-order chi connectivity index (χ1) is 10.1. The highest BCUT2D eigenvalue weighted by molar-refractivity contribution is 5.79. The second-order valence-corrected chi connectivity index (χ2v) is 6.15. The first kappa shape index (κ1) is 15.8. The number of benzene rings is 1. The van der Waals surface area contributed by atoms with E-state index in [0.29, 0.717) is 0 Å². The van der Waals surface area contributed by atoms with E-state index in [0.717, 1.165) is 25.0 Å². The lowest BCUT2D eigenvalue weighted by Crippen LogP contribution is -2.41. The van der Waals surface area contributed by atoms with Crippen molar-refractivity contribution in [1.82, 2.24) is 15.1 Å². The van der Waals surface area contributed by atoms with Crippen LogP contribution in [0.1, 0.15) is 18.4 Å². The van der Waals surface area contributed by atoms with Gasteiger partial charge in [0.1, 0.15) is 0 Å². The van der Waals surface area contributed by atoms with E-state index in [4.69, 9.17) is 4.99 Å². The number of aliphatic imine (C=N–C) groups is 1. The molecule has 0 saturated carbocycles. The molecule has 0 atom stereocenters. The minimum Gasteiger partial charge on any atom is -0.356 e. The highest BCUT2D eigenvalue weighted by Crippen LogP contribution is 2.14. The fraction of sp³-hybridized carbons (Fsp3) is 0.588. The van der Waals surface area contributed by atoms with Gasteiger partial charge in [0.05, 0.1) is 6.54 Å². The monoisotopic (exact) mass is 288 g/mol. The van der Waals surface area contributed by atoms with Crippen LogP contribution in [-0.4, -0.2) is 56.5 Å². The molecular formula is C17H28N4. The molecule has 116 valence electrons. The van der Waals surface area contributed by atoms with Crippen molar-refractivity contribution in [3.05, 3.63) is 35.9 Å². The molecule has 1 N–H and O–H groups in total. The van der Waals surface area contributed by atoms with E-state index in [-0.39, 0.29) is 0 Å². The molecular weight excluding hydrogens is 260 g/mol. The number of hydrogen-bond donors (Lipinski definition) is 1. The average Bonchev–Trinajstić information content (AvgIpc) is 2.49. The fourth-order valence-electron chi connectivity index (χ4n) is 2.61. The van der Waals surface area contributed by atoms with E-state index in [1.54, 1.807) is 0 Å². The van der Waals surface area contributed by atoms with Gasteiger partial charge in [-0.25, -0.2) is 4.99 Å². The Morgan fingerprint density at radius 2 is 1.90 bits per heavy atom. The molecule has 1 aromatic rings. The van der Waals surface area contributed by atoms with Crippen molar-refractivity contribution in [2.75, 3.05) is 40.8 Å². The summed E-state index contributed by atoms with van der Waals surface area (Å²) in [7, 11) is 6.30. The van der Waals surface area contributed by atoms with Gasteiger partial charge >= 0.3 is 0 Å². The van der Waals surface area contributed by atoms with Gasteiger partial charge in [0.25, 0.3) is 0 Å². The Morgan fingerprint density at radius 1 is 1.24 bits per heavy atom. The summed E-state index contributed by atoms with van der Waals surface area (Å²) in [6.45, 7) is 4.18. The zero-order valence-corrected chi connectivity index (χ0v) is 13.5. The minimum absolute atomic E-state index is 0.731. The fourth-order valence-corrected chi connectivity index (χ4v) is 2.61. The van der Waals surface area contributed by atoms with Crippen LogP contribution < -0.4 is 5.32 Å². The topological polar surface area (TPSA) is 30.9 Å². The molecule has 1 fully saturated rings. The van der Waals surface area contributed by atoms with Crippen LogP contribution in [0.5, 0.6) is 0 Å². The van der Waals surface area contributed by atoms with Gasteiger partial charge in [0, 0.05) is 20.6 Å². The van der Waals surface area contributed by atoms with Crippen LogP contribution in [0.15, 0.2) is 35.3 Å². The SMILES string of the molecule is CN1CCC(CNC(=NCc2ccccc2)N(C)C)CC1. The lowest BCUT2D eigenvalue weighted by Gasteiger charge is -2.30. The number of rotatable bonds is 4. The first-order valence-corrected chi connectivity index (χ1v) is 7.83. The Hall–Kier alpha value is -1.55. The highest BCUT2D eigenvalue weighted by Gasteiger charge is 2.17. The van der Waals surface area contributed by atoms with Crippen molar-refractivity contribution in [2.24, 2.45) is 10.9 Å². The third-order valence-electron chi connectivity index (χ3n) is 4.06. The maximum atomic E-state index is 4.71. The van der Waals surface area contributed by atoms with Crippen molar-refractivity contribution in [3.63, 3.8) is 0 Å². The van der Waals surface area contributed by atoms with Crippen LogP contribution in [0.4, 0.5) is 0 Å². The van der Waals surface area contributed by atoms with Crippen molar-refractivity contribution >= 4 is 5.96 Å². The van der Waals surface area contributed by atoms with Gasteiger partial charge in [-0.2, -0.15) is 0 Å². The summed E-state index contributed by atoms with van der Waals surface area (Å²) in [5.74, 6) is 1.75. The molecule has 0 aliphatic carbocycles. The van der Waals surface area contributed by atoms with Crippen LogP contribution in [-0.2, 0) is 6.54 Å². The van der Waals surface area contributed by atoms with Crippen molar-refractivity contribution in [3.8, 4) is 0 Å². The van der Waals surface area contributed by atoms with Crippen molar-refractivity contribution in [1.29, 1.82) is 0 Å². The van der Waals surface area contributed by atoms with Gasteiger partial charge < -0.3 is 15.1 Å². The lowest BCUT2D eigenvalue weighted by molar-refractivity contribution is 0.219. The maximum Gasteiger partial charge on any atom is 0.193 e. The van der Waals surface area contributed by atoms with Crippen molar-refractivity contribution in [2.45, 2.75) is 19.4 Å². The Balaban J connectivity index is 1.84. The zero-order valence-electron chi connectivity index (χ0n) is 13.5. The molecule has 0 aromatic heterocycles. The standard InChI is InChI=1S/C17H28N4/c1-20(2)17(18-13-15-7-5-4-6-8-15)19-14-16-9-11-21(3)12-10-16/h4-8,16H,9-14H2,1-3H3,(H,18,19). The number of nitrogens with zero attached hydrogens (tertiary/aromatic N) is 3. The van der Waals surface area contributed by atoms with E-state index >= 15 is 0 Å². The van der Waals surface area contributed by atoms with E-state index in [2.05, 4.69) is 46.4 Å². The van der Waals surface area contributed by atoms with Crippen LogP contribution >= 0.6 is 0 Å². The number of guanidine groups is 1. The predicted molar refractivity (Wildman–Crippen MR) is 89.5 cm³/mol. The molecule has 0 unspecified atom stereocenters. The third-order valence-corrected chi connectivity index (χ3v) is 4.06. The largest absolute Gasteiger partial charge is 0.356 e. The Morgan fingerprint density at radius 3 is 2.52 bits per heavy atom. The summed E-state index contributed by atoms with van der Waals surface area (Å²) in [5.41, 5.74) is 1.25. The number of piperidine rings is 1. The molecule has 0 radical (unpaired) electrons. The minimum atomic E-state index is 0.731. The van der Waals surface area contributed by atoms with Gasteiger partial charge in [-0.1, -0.05) is 30.3 Å². The average molecular weight is 288 g/mol. The molecule has 4 nitrogen and oxygen atoms in total. The second-order valence-electron chi connectivity index (χ2n) is 6.15. The molecule has 1 saturated heterocycles.